The standard InChI is InChI=1S/C14H23BrN2O/c1-10(16)7-12-5-6-14(13(15)8-12)17(3)11(2)9-18-4/h5-6,8,10-11H,7,9,16H2,1-4H3. The van der Waals surface area contributed by atoms with E-state index in [-0.39, 0.29) is 6.04 Å². The van der Waals surface area contributed by atoms with Crippen LogP contribution in [0.1, 0.15) is 19.4 Å². The van der Waals surface area contributed by atoms with Gasteiger partial charge in [0, 0.05) is 30.7 Å². The molecular weight excluding hydrogens is 292 g/mol. The van der Waals surface area contributed by atoms with Crippen molar-refractivity contribution in [3.05, 3.63) is 28.2 Å². The van der Waals surface area contributed by atoms with E-state index in [0.29, 0.717) is 12.6 Å². The normalized spacial score (nSPS) is 14.3. The number of hydrogen-bond donors (Lipinski definition) is 1. The zero-order valence-corrected chi connectivity index (χ0v) is 13.2. The highest BCUT2D eigenvalue weighted by molar-refractivity contribution is 9.10. The van der Waals surface area contributed by atoms with E-state index in [1.165, 1.54) is 11.3 Å². The lowest BCUT2D eigenvalue weighted by molar-refractivity contribution is 0.183. The summed E-state index contributed by atoms with van der Waals surface area (Å²) in [5.74, 6) is 0. The highest BCUT2D eigenvalue weighted by atomic mass is 79.9. The third-order valence-electron chi connectivity index (χ3n) is 3.02. The molecule has 4 heteroatoms. The van der Waals surface area contributed by atoms with Crippen LogP contribution in [0.15, 0.2) is 22.7 Å². The number of nitrogens with zero attached hydrogens (tertiary/aromatic N) is 1. The minimum absolute atomic E-state index is 0.188. The lowest BCUT2D eigenvalue weighted by Gasteiger charge is -2.27. The summed E-state index contributed by atoms with van der Waals surface area (Å²) in [6.07, 6.45) is 0.899. The van der Waals surface area contributed by atoms with Gasteiger partial charge in [-0.15, -0.1) is 0 Å². The summed E-state index contributed by atoms with van der Waals surface area (Å²) < 4.78 is 6.29. The summed E-state index contributed by atoms with van der Waals surface area (Å²) in [5.41, 5.74) is 8.25. The Balaban J connectivity index is 2.84. The summed E-state index contributed by atoms with van der Waals surface area (Å²) in [5, 5.41) is 0. The van der Waals surface area contributed by atoms with Crippen molar-refractivity contribution in [1.29, 1.82) is 0 Å². The van der Waals surface area contributed by atoms with Gasteiger partial charge >= 0.3 is 0 Å². The lowest BCUT2D eigenvalue weighted by atomic mass is 10.1. The van der Waals surface area contributed by atoms with Crippen molar-refractivity contribution in [2.24, 2.45) is 5.73 Å². The van der Waals surface area contributed by atoms with Crippen molar-refractivity contribution in [1.82, 2.24) is 0 Å². The summed E-state index contributed by atoms with van der Waals surface area (Å²) >= 11 is 3.63. The molecule has 0 radical (unpaired) electrons. The number of likely N-dealkylation sites (N-methyl/N-ethyl adjacent to an activating group) is 1. The fourth-order valence-corrected chi connectivity index (χ4v) is 2.63. The first-order valence-corrected chi connectivity index (χ1v) is 7.00. The van der Waals surface area contributed by atoms with Crippen LogP contribution in [0.5, 0.6) is 0 Å². The highest BCUT2D eigenvalue weighted by Gasteiger charge is 2.13. The zero-order valence-electron chi connectivity index (χ0n) is 11.6. The van der Waals surface area contributed by atoms with Gasteiger partial charge in [0.25, 0.3) is 0 Å². The maximum atomic E-state index is 5.82. The molecule has 1 rings (SSSR count). The monoisotopic (exact) mass is 314 g/mol. The third-order valence-corrected chi connectivity index (χ3v) is 3.65. The number of halogens is 1. The minimum atomic E-state index is 0.188. The van der Waals surface area contributed by atoms with Gasteiger partial charge in [0.2, 0.25) is 0 Å². The highest BCUT2D eigenvalue weighted by Crippen LogP contribution is 2.28. The largest absolute Gasteiger partial charge is 0.383 e. The molecule has 2 N–H and O–H groups in total. The summed E-state index contributed by atoms with van der Waals surface area (Å²) in [7, 11) is 3.81. The molecule has 0 spiro atoms. The van der Waals surface area contributed by atoms with Gasteiger partial charge in [0.1, 0.15) is 0 Å². The lowest BCUT2D eigenvalue weighted by Crippen LogP contribution is -2.32. The molecule has 0 saturated carbocycles. The number of anilines is 1. The molecule has 102 valence electrons. The van der Waals surface area contributed by atoms with Crippen molar-refractivity contribution in [2.75, 3.05) is 25.7 Å². The summed E-state index contributed by atoms with van der Waals surface area (Å²) in [6, 6.07) is 6.95. The molecule has 1 aromatic rings. The van der Waals surface area contributed by atoms with Crippen LogP contribution in [-0.2, 0) is 11.2 Å². The molecular formula is C14H23BrN2O. The number of nitrogens with two attached hydrogens (primary N) is 1. The maximum absolute atomic E-state index is 5.82. The Morgan fingerprint density at radius 3 is 2.56 bits per heavy atom. The van der Waals surface area contributed by atoms with Crippen molar-refractivity contribution in [2.45, 2.75) is 32.4 Å². The van der Waals surface area contributed by atoms with E-state index in [1.807, 2.05) is 6.92 Å². The van der Waals surface area contributed by atoms with Gasteiger partial charge < -0.3 is 15.4 Å². The van der Waals surface area contributed by atoms with Crippen LogP contribution in [0.25, 0.3) is 0 Å². The van der Waals surface area contributed by atoms with Gasteiger partial charge in [-0.3, -0.25) is 0 Å². The molecule has 0 heterocycles. The molecule has 0 saturated heterocycles. The molecule has 0 aliphatic carbocycles. The second kappa shape index (κ2) is 7.12. The molecule has 0 aromatic heterocycles. The summed E-state index contributed by atoms with van der Waals surface area (Å²) in [6.45, 7) is 4.88. The number of hydrogen-bond acceptors (Lipinski definition) is 3. The van der Waals surface area contributed by atoms with Gasteiger partial charge in [0.15, 0.2) is 0 Å². The Bertz CT molecular complexity index is 382. The van der Waals surface area contributed by atoms with Crippen LogP contribution in [0.3, 0.4) is 0 Å². The Kier molecular flexibility index (Phi) is 6.12. The molecule has 0 fully saturated rings. The van der Waals surface area contributed by atoms with E-state index < -0.39 is 0 Å². The number of benzene rings is 1. The van der Waals surface area contributed by atoms with Crippen LogP contribution >= 0.6 is 15.9 Å². The Hall–Kier alpha value is -0.580. The van der Waals surface area contributed by atoms with Crippen molar-refractivity contribution >= 4 is 21.6 Å². The van der Waals surface area contributed by atoms with Crippen molar-refractivity contribution < 1.29 is 4.74 Å². The van der Waals surface area contributed by atoms with Crippen LogP contribution in [-0.4, -0.2) is 32.8 Å². The van der Waals surface area contributed by atoms with E-state index in [0.717, 1.165) is 10.9 Å². The van der Waals surface area contributed by atoms with E-state index in [1.54, 1.807) is 7.11 Å². The molecule has 3 nitrogen and oxygen atoms in total. The fraction of sp³-hybridized carbons (Fsp3) is 0.571. The average molecular weight is 315 g/mol. The van der Waals surface area contributed by atoms with Gasteiger partial charge in [-0.05, 0) is 53.9 Å². The van der Waals surface area contributed by atoms with E-state index in [9.17, 15) is 0 Å². The Labute approximate surface area is 118 Å². The third kappa shape index (κ3) is 4.26. The quantitative estimate of drug-likeness (QED) is 0.877. The SMILES string of the molecule is COCC(C)N(C)c1ccc(CC(C)N)cc1Br. The Morgan fingerprint density at radius 1 is 1.39 bits per heavy atom. The number of rotatable bonds is 6. The van der Waals surface area contributed by atoms with Gasteiger partial charge in [0.05, 0.1) is 12.3 Å². The predicted molar refractivity (Wildman–Crippen MR) is 81.2 cm³/mol. The van der Waals surface area contributed by atoms with Crippen LogP contribution in [0.2, 0.25) is 0 Å². The second-order valence-electron chi connectivity index (χ2n) is 4.88. The molecule has 0 aliphatic rings. The molecule has 2 atom stereocenters. The smallest absolute Gasteiger partial charge is 0.0663 e. The van der Waals surface area contributed by atoms with Gasteiger partial charge in [-0.25, -0.2) is 0 Å². The second-order valence-corrected chi connectivity index (χ2v) is 5.74. The number of ether oxygens (including phenoxy) is 1. The fourth-order valence-electron chi connectivity index (χ4n) is 1.93. The first kappa shape index (κ1) is 15.5. The molecule has 2 unspecified atom stereocenters. The van der Waals surface area contributed by atoms with Crippen molar-refractivity contribution in [3.8, 4) is 0 Å². The molecule has 0 bridgehead atoms. The molecule has 0 aliphatic heterocycles. The van der Waals surface area contributed by atoms with E-state index in [2.05, 4.69) is 53.0 Å². The van der Waals surface area contributed by atoms with Crippen LogP contribution in [0, 0.1) is 0 Å². The molecule has 1 aromatic carbocycles. The van der Waals surface area contributed by atoms with Gasteiger partial charge in [-0.2, -0.15) is 0 Å². The van der Waals surface area contributed by atoms with Crippen LogP contribution < -0.4 is 10.6 Å². The summed E-state index contributed by atoms with van der Waals surface area (Å²) in [4.78, 5) is 2.21. The zero-order chi connectivity index (χ0) is 13.7. The topological polar surface area (TPSA) is 38.5 Å². The number of methoxy groups -OCH3 is 1. The average Bonchev–Trinajstić information content (AvgIpc) is 2.28. The first-order valence-electron chi connectivity index (χ1n) is 6.21. The van der Waals surface area contributed by atoms with Crippen molar-refractivity contribution in [3.63, 3.8) is 0 Å². The maximum Gasteiger partial charge on any atom is 0.0663 e. The van der Waals surface area contributed by atoms with E-state index >= 15 is 0 Å². The predicted octanol–water partition coefficient (Wildman–Crippen LogP) is 2.81. The molecule has 0 amide bonds. The van der Waals surface area contributed by atoms with Crippen LogP contribution in [0.4, 0.5) is 5.69 Å². The van der Waals surface area contributed by atoms with Gasteiger partial charge in [-0.1, -0.05) is 6.07 Å². The van der Waals surface area contributed by atoms with E-state index in [4.69, 9.17) is 10.5 Å². The molecule has 18 heavy (non-hydrogen) atoms. The minimum Gasteiger partial charge on any atom is -0.383 e. The first-order chi connectivity index (χ1) is 8.45. The Morgan fingerprint density at radius 2 is 2.06 bits per heavy atom.